The predicted molar refractivity (Wildman–Crippen MR) is 105 cm³/mol. The van der Waals surface area contributed by atoms with Gasteiger partial charge in [0.15, 0.2) is 12.4 Å². The van der Waals surface area contributed by atoms with Crippen molar-refractivity contribution in [2.24, 2.45) is 0 Å². The number of ether oxygens (including phenoxy) is 2. The first-order valence-electron chi connectivity index (χ1n) is 9.15. The molecule has 0 atom stereocenters. The molecule has 146 valence electrons. The van der Waals surface area contributed by atoms with Gasteiger partial charge in [-0.2, -0.15) is 0 Å². The molecule has 0 saturated carbocycles. The third kappa shape index (κ3) is 4.31. The van der Waals surface area contributed by atoms with Crippen molar-refractivity contribution in [1.82, 2.24) is 0 Å². The Morgan fingerprint density at radius 2 is 1.89 bits per heavy atom. The van der Waals surface area contributed by atoms with Crippen LogP contribution < -0.4 is 19.7 Å². The summed E-state index contributed by atoms with van der Waals surface area (Å²) in [7, 11) is 0. The Morgan fingerprint density at radius 1 is 1.14 bits per heavy atom. The van der Waals surface area contributed by atoms with Crippen molar-refractivity contribution in [3.63, 3.8) is 0 Å². The summed E-state index contributed by atoms with van der Waals surface area (Å²) in [6.07, 6.45) is 0.353. The van der Waals surface area contributed by atoms with E-state index in [1.165, 1.54) is 4.90 Å². The largest absolute Gasteiger partial charge is 0.494 e. The molecular weight excluding hydrogens is 360 g/mol. The first-order chi connectivity index (χ1) is 13.5. The third-order valence-electron chi connectivity index (χ3n) is 4.30. The number of nitrogens with one attached hydrogen (secondary N) is 1. The maximum atomic E-state index is 12.5. The van der Waals surface area contributed by atoms with Gasteiger partial charge < -0.3 is 14.8 Å². The Morgan fingerprint density at radius 3 is 2.57 bits per heavy atom. The van der Waals surface area contributed by atoms with E-state index in [1.54, 1.807) is 49.4 Å². The molecule has 0 spiro atoms. The second kappa shape index (κ2) is 8.56. The quantitative estimate of drug-likeness (QED) is 0.744. The van der Waals surface area contributed by atoms with E-state index < -0.39 is 0 Å². The Labute approximate surface area is 163 Å². The summed E-state index contributed by atoms with van der Waals surface area (Å²) in [6.45, 7) is 3.90. The zero-order valence-corrected chi connectivity index (χ0v) is 15.9. The van der Waals surface area contributed by atoms with Gasteiger partial charge in [0, 0.05) is 17.7 Å². The van der Waals surface area contributed by atoms with Gasteiger partial charge in [0.2, 0.25) is 5.91 Å². The van der Waals surface area contributed by atoms with E-state index in [4.69, 9.17) is 9.47 Å². The minimum Gasteiger partial charge on any atom is -0.494 e. The van der Waals surface area contributed by atoms with Crippen molar-refractivity contribution < 1.29 is 23.9 Å². The summed E-state index contributed by atoms with van der Waals surface area (Å²) in [6, 6.07) is 11.9. The van der Waals surface area contributed by atoms with E-state index in [0.717, 1.165) is 0 Å². The van der Waals surface area contributed by atoms with Crippen LogP contribution in [0.3, 0.4) is 0 Å². The van der Waals surface area contributed by atoms with Crippen LogP contribution in [0.15, 0.2) is 42.5 Å². The molecule has 1 aliphatic rings. The van der Waals surface area contributed by atoms with Crippen LogP contribution in [0.2, 0.25) is 0 Å². The number of carbonyl (C=O) groups excluding carboxylic acids is 3. The number of nitrogens with zero attached hydrogens (tertiary/aromatic N) is 1. The van der Waals surface area contributed by atoms with Crippen LogP contribution in [-0.2, 0) is 9.59 Å². The molecule has 0 aromatic heterocycles. The summed E-state index contributed by atoms with van der Waals surface area (Å²) in [5, 5.41) is 2.76. The lowest BCUT2D eigenvalue weighted by Crippen LogP contribution is -2.43. The summed E-state index contributed by atoms with van der Waals surface area (Å²) in [5.74, 6) is 0.458. The molecule has 0 bridgehead atoms. The summed E-state index contributed by atoms with van der Waals surface area (Å²) >= 11 is 0. The third-order valence-corrected chi connectivity index (χ3v) is 4.30. The fourth-order valence-electron chi connectivity index (χ4n) is 2.90. The zero-order chi connectivity index (χ0) is 20.1. The molecule has 0 unspecified atom stereocenters. The van der Waals surface area contributed by atoms with E-state index in [-0.39, 0.29) is 30.7 Å². The van der Waals surface area contributed by atoms with Crippen molar-refractivity contribution in [2.45, 2.75) is 20.3 Å². The molecule has 1 heterocycles. The van der Waals surface area contributed by atoms with E-state index in [1.807, 2.05) is 6.92 Å². The highest BCUT2D eigenvalue weighted by Gasteiger charge is 2.28. The molecule has 0 radical (unpaired) electrons. The lowest BCUT2D eigenvalue weighted by atomic mass is 10.1. The monoisotopic (exact) mass is 382 g/mol. The fourth-order valence-corrected chi connectivity index (χ4v) is 2.90. The maximum Gasteiger partial charge on any atom is 0.265 e. The van der Waals surface area contributed by atoms with Crippen molar-refractivity contribution in [2.75, 3.05) is 30.0 Å². The molecule has 2 aromatic rings. The van der Waals surface area contributed by atoms with Crippen molar-refractivity contribution >= 4 is 29.0 Å². The number of anilines is 2. The molecule has 7 heteroatoms. The molecule has 28 heavy (non-hydrogen) atoms. The Kier molecular flexibility index (Phi) is 5.93. The van der Waals surface area contributed by atoms with Gasteiger partial charge in [-0.3, -0.25) is 19.3 Å². The van der Waals surface area contributed by atoms with E-state index in [0.29, 0.717) is 41.5 Å². The topological polar surface area (TPSA) is 84.9 Å². The molecule has 0 fully saturated rings. The van der Waals surface area contributed by atoms with Gasteiger partial charge in [0.05, 0.1) is 12.3 Å². The number of amides is 2. The summed E-state index contributed by atoms with van der Waals surface area (Å²) in [5.41, 5.74) is 1.51. The molecule has 7 nitrogen and oxygen atoms in total. The van der Waals surface area contributed by atoms with Gasteiger partial charge >= 0.3 is 0 Å². The molecule has 0 aliphatic carbocycles. The first kappa shape index (κ1) is 19.4. The molecule has 3 rings (SSSR count). The smallest absolute Gasteiger partial charge is 0.265 e. The maximum absolute atomic E-state index is 12.5. The first-order valence-corrected chi connectivity index (χ1v) is 9.15. The van der Waals surface area contributed by atoms with Gasteiger partial charge in [0.1, 0.15) is 18.0 Å². The minimum absolute atomic E-state index is 0.0420. The Bertz CT molecular complexity index is 892. The van der Waals surface area contributed by atoms with Crippen LogP contribution in [0.5, 0.6) is 11.5 Å². The van der Waals surface area contributed by atoms with Crippen molar-refractivity contribution in [3.8, 4) is 11.5 Å². The number of hydrogen-bond acceptors (Lipinski definition) is 5. The van der Waals surface area contributed by atoms with Gasteiger partial charge in [-0.1, -0.05) is 6.92 Å². The molecular formula is C21H22N2O5. The number of hydrogen-bond donors (Lipinski definition) is 1. The molecule has 1 aliphatic heterocycles. The zero-order valence-electron chi connectivity index (χ0n) is 15.9. The average molecular weight is 382 g/mol. The number of benzene rings is 2. The van der Waals surface area contributed by atoms with E-state index in [9.17, 15) is 14.4 Å². The minimum atomic E-state index is -0.349. The predicted octanol–water partition coefficient (Wildman–Crippen LogP) is 3.04. The van der Waals surface area contributed by atoms with Crippen LogP contribution in [0.1, 0.15) is 30.6 Å². The summed E-state index contributed by atoms with van der Waals surface area (Å²) < 4.78 is 10.8. The second-order valence-corrected chi connectivity index (χ2v) is 6.23. The lowest BCUT2D eigenvalue weighted by molar-refractivity contribution is -0.123. The lowest BCUT2D eigenvalue weighted by Gasteiger charge is -2.29. The second-order valence-electron chi connectivity index (χ2n) is 6.23. The molecule has 2 aromatic carbocycles. The van der Waals surface area contributed by atoms with Crippen LogP contribution >= 0.6 is 0 Å². The number of carbonyl (C=O) groups is 3. The van der Waals surface area contributed by atoms with Crippen molar-refractivity contribution in [3.05, 3.63) is 48.0 Å². The Hall–Kier alpha value is -3.35. The Balaban J connectivity index is 1.75. The van der Waals surface area contributed by atoms with Gasteiger partial charge in [-0.15, -0.1) is 0 Å². The normalized spacial score (nSPS) is 12.8. The van der Waals surface area contributed by atoms with Gasteiger partial charge in [-0.25, -0.2) is 0 Å². The van der Waals surface area contributed by atoms with Gasteiger partial charge in [0.25, 0.3) is 5.91 Å². The van der Waals surface area contributed by atoms with Gasteiger partial charge in [-0.05, 0) is 49.4 Å². The van der Waals surface area contributed by atoms with Crippen LogP contribution in [0.25, 0.3) is 0 Å². The highest BCUT2D eigenvalue weighted by atomic mass is 16.5. The number of rotatable bonds is 7. The van der Waals surface area contributed by atoms with E-state index >= 15 is 0 Å². The standard InChI is InChI=1S/C21H22N2O5/c1-3-18(24)14-5-10-19-17(11-14)23(21(26)13-28-19)12-20(25)22-15-6-8-16(9-7-15)27-4-2/h5-11H,3-4,12-13H2,1-2H3,(H,22,25). The highest BCUT2D eigenvalue weighted by molar-refractivity contribution is 6.06. The summed E-state index contributed by atoms with van der Waals surface area (Å²) in [4.78, 5) is 38.1. The van der Waals surface area contributed by atoms with Crippen LogP contribution in [0, 0.1) is 0 Å². The number of fused-ring (bicyclic) bond motifs is 1. The highest BCUT2D eigenvalue weighted by Crippen LogP contribution is 2.33. The number of ketones is 1. The average Bonchev–Trinajstić information content (AvgIpc) is 2.71. The van der Waals surface area contributed by atoms with Crippen LogP contribution in [-0.4, -0.2) is 37.4 Å². The van der Waals surface area contributed by atoms with Crippen molar-refractivity contribution in [1.29, 1.82) is 0 Å². The van der Waals surface area contributed by atoms with E-state index in [2.05, 4.69) is 5.32 Å². The fraction of sp³-hybridized carbons (Fsp3) is 0.286. The number of Topliss-reactive ketones (excluding diaryl/α,β-unsaturated/α-hetero) is 1. The SMILES string of the molecule is CCOc1ccc(NC(=O)CN2C(=O)COc3ccc(C(=O)CC)cc32)cc1. The van der Waals surface area contributed by atoms with Crippen LogP contribution in [0.4, 0.5) is 11.4 Å². The molecule has 2 amide bonds. The molecule has 1 N–H and O–H groups in total. The molecule has 0 saturated heterocycles.